The Morgan fingerprint density at radius 3 is 2.30 bits per heavy atom. The van der Waals surface area contributed by atoms with Gasteiger partial charge in [-0.05, 0) is 37.1 Å². The van der Waals surface area contributed by atoms with Crippen LogP contribution in [0.3, 0.4) is 0 Å². The zero-order valence-electron chi connectivity index (χ0n) is 12.7. The quantitative estimate of drug-likeness (QED) is 0.515. The average Bonchev–Trinajstić information content (AvgIpc) is 2.45. The Hall–Kier alpha value is -1.39. The van der Waals surface area contributed by atoms with Crippen LogP contribution in [0.5, 0.6) is 5.75 Å². The van der Waals surface area contributed by atoms with Crippen molar-refractivity contribution in [1.29, 1.82) is 0 Å². The summed E-state index contributed by atoms with van der Waals surface area (Å²) in [5.41, 5.74) is 0.626. The maximum atomic E-state index is 12.1. The van der Waals surface area contributed by atoms with Gasteiger partial charge in [0.15, 0.2) is 5.78 Å². The van der Waals surface area contributed by atoms with E-state index in [4.69, 9.17) is 14.2 Å². The van der Waals surface area contributed by atoms with Crippen molar-refractivity contribution in [2.75, 3.05) is 26.9 Å². The van der Waals surface area contributed by atoms with Crippen LogP contribution in [0.4, 0.5) is 0 Å². The molecule has 1 aromatic rings. The molecule has 0 spiro atoms. The number of carbonyl (C=O) groups is 1. The van der Waals surface area contributed by atoms with Crippen molar-refractivity contribution >= 4 is 5.78 Å². The molecule has 0 saturated carbocycles. The van der Waals surface area contributed by atoms with Crippen molar-refractivity contribution in [3.63, 3.8) is 0 Å². The lowest BCUT2D eigenvalue weighted by atomic mass is 10.1. The second-order valence-electron chi connectivity index (χ2n) is 5.07. The lowest BCUT2D eigenvalue weighted by Crippen LogP contribution is -2.23. The summed E-state index contributed by atoms with van der Waals surface area (Å²) in [4.78, 5) is 12.1. The molecule has 1 aromatic carbocycles. The second kappa shape index (κ2) is 8.72. The summed E-state index contributed by atoms with van der Waals surface area (Å²) >= 11 is 0. The number of benzene rings is 1. The van der Waals surface area contributed by atoms with Crippen LogP contribution < -0.4 is 4.74 Å². The van der Waals surface area contributed by atoms with E-state index >= 15 is 0 Å². The topological polar surface area (TPSA) is 44.8 Å². The molecule has 0 bridgehead atoms. The fraction of sp³-hybridized carbons (Fsp3) is 0.562. The maximum absolute atomic E-state index is 12.1. The van der Waals surface area contributed by atoms with E-state index in [1.807, 2.05) is 0 Å². The molecule has 0 saturated heterocycles. The molecule has 0 heterocycles. The summed E-state index contributed by atoms with van der Waals surface area (Å²) in [6, 6.07) is 7.03. The molecule has 4 nitrogen and oxygen atoms in total. The molecule has 0 aliphatic carbocycles. The van der Waals surface area contributed by atoms with Crippen molar-refractivity contribution in [3.05, 3.63) is 29.8 Å². The molecule has 4 heteroatoms. The number of ether oxygens (including phenoxy) is 3. The molecular formula is C16H24O4. The van der Waals surface area contributed by atoms with E-state index in [0.717, 1.165) is 5.75 Å². The number of rotatable bonds is 9. The van der Waals surface area contributed by atoms with Gasteiger partial charge < -0.3 is 14.2 Å². The molecule has 1 unspecified atom stereocenters. The van der Waals surface area contributed by atoms with Gasteiger partial charge in [-0.3, -0.25) is 4.79 Å². The van der Waals surface area contributed by atoms with E-state index in [1.165, 1.54) is 0 Å². The highest BCUT2D eigenvalue weighted by molar-refractivity contribution is 5.99. The Labute approximate surface area is 121 Å². The van der Waals surface area contributed by atoms with Crippen molar-refractivity contribution < 1.29 is 19.0 Å². The molecule has 1 rings (SSSR count). The van der Waals surface area contributed by atoms with Crippen LogP contribution in [0, 0.1) is 5.92 Å². The molecule has 0 aliphatic rings. The first-order valence-electron chi connectivity index (χ1n) is 6.92. The maximum Gasteiger partial charge on any atom is 0.191 e. The van der Waals surface area contributed by atoms with Gasteiger partial charge in [0.1, 0.15) is 11.9 Å². The molecule has 0 fully saturated rings. The smallest absolute Gasteiger partial charge is 0.191 e. The van der Waals surface area contributed by atoms with Gasteiger partial charge in [0, 0.05) is 12.2 Å². The highest BCUT2D eigenvalue weighted by atomic mass is 16.5. The zero-order chi connectivity index (χ0) is 15.0. The zero-order valence-corrected chi connectivity index (χ0v) is 12.7. The van der Waals surface area contributed by atoms with E-state index in [9.17, 15) is 4.79 Å². The number of Topliss-reactive ketones (excluding diaryl/α,β-unsaturated/α-hetero) is 1. The van der Waals surface area contributed by atoms with E-state index in [-0.39, 0.29) is 5.78 Å². The van der Waals surface area contributed by atoms with Gasteiger partial charge in [0.05, 0.1) is 20.3 Å². The minimum atomic E-state index is -0.467. The van der Waals surface area contributed by atoms with Crippen LogP contribution in [0.15, 0.2) is 24.3 Å². The molecule has 0 aromatic heterocycles. The Bertz CT molecular complexity index is 397. The third-order valence-electron chi connectivity index (χ3n) is 2.79. The van der Waals surface area contributed by atoms with Gasteiger partial charge in [-0.2, -0.15) is 0 Å². The van der Waals surface area contributed by atoms with Crippen LogP contribution >= 0.6 is 0 Å². The normalized spacial score (nSPS) is 12.4. The van der Waals surface area contributed by atoms with Crippen LogP contribution in [-0.2, 0) is 9.47 Å². The summed E-state index contributed by atoms with van der Waals surface area (Å²) in [5, 5.41) is 0. The van der Waals surface area contributed by atoms with Gasteiger partial charge in [-0.25, -0.2) is 0 Å². The van der Waals surface area contributed by atoms with Gasteiger partial charge in [-0.1, -0.05) is 13.8 Å². The van der Waals surface area contributed by atoms with Crippen LogP contribution in [0.2, 0.25) is 0 Å². The Morgan fingerprint density at radius 2 is 1.75 bits per heavy atom. The first kappa shape index (κ1) is 16.7. The van der Waals surface area contributed by atoms with Crippen molar-refractivity contribution in [3.8, 4) is 5.75 Å². The summed E-state index contributed by atoms with van der Waals surface area (Å²) in [6.07, 6.45) is -0.467. The second-order valence-corrected chi connectivity index (χ2v) is 5.07. The predicted octanol–water partition coefficient (Wildman–Crippen LogP) is 2.96. The highest BCUT2D eigenvalue weighted by Gasteiger charge is 2.15. The minimum Gasteiger partial charge on any atom is -0.497 e. The van der Waals surface area contributed by atoms with E-state index in [2.05, 4.69) is 13.8 Å². The number of methoxy groups -OCH3 is 1. The lowest BCUT2D eigenvalue weighted by molar-refractivity contribution is 0.00970. The van der Waals surface area contributed by atoms with Crippen molar-refractivity contribution in [1.82, 2.24) is 0 Å². The minimum absolute atomic E-state index is 0.0310. The third kappa shape index (κ3) is 5.72. The number of ketones is 1. The highest BCUT2D eigenvalue weighted by Crippen LogP contribution is 2.13. The molecule has 0 radical (unpaired) electrons. The fourth-order valence-corrected chi connectivity index (χ4v) is 1.67. The molecule has 0 amide bonds. The van der Waals surface area contributed by atoms with E-state index in [1.54, 1.807) is 38.3 Å². The predicted molar refractivity (Wildman–Crippen MR) is 78.4 cm³/mol. The largest absolute Gasteiger partial charge is 0.497 e. The molecule has 0 aliphatic heterocycles. The molecule has 1 atom stereocenters. The van der Waals surface area contributed by atoms with Gasteiger partial charge in [0.25, 0.3) is 0 Å². The average molecular weight is 280 g/mol. The first-order chi connectivity index (χ1) is 9.54. The molecule has 112 valence electrons. The first-order valence-corrected chi connectivity index (χ1v) is 6.92. The monoisotopic (exact) mass is 280 g/mol. The number of hydrogen-bond acceptors (Lipinski definition) is 4. The van der Waals surface area contributed by atoms with Gasteiger partial charge in [0.2, 0.25) is 0 Å². The SMILES string of the molecule is COc1ccc(C(=O)C(C)OCCOCC(C)C)cc1. The van der Waals surface area contributed by atoms with E-state index in [0.29, 0.717) is 31.3 Å². The molecule has 0 N–H and O–H groups in total. The van der Waals surface area contributed by atoms with Crippen molar-refractivity contribution in [2.45, 2.75) is 26.9 Å². The van der Waals surface area contributed by atoms with Crippen molar-refractivity contribution in [2.24, 2.45) is 5.92 Å². The fourth-order valence-electron chi connectivity index (χ4n) is 1.67. The number of carbonyl (C=O) groups excluding carboxylic acids is 1. The lowest BCUT2D eigenvalue weighted by Gasteiger charge is -2.13. The van der Waals surface area contributed by atoms with Gasteiger partial charge >= 0.3 is 0 Å². The summed E-state index contributed by atoms with van der Waals surface area (Å²) in [5.74, 6) is 1.21. The standard InChI is InChI=1S/C16H24O4/c1-12(2)11-19-9-10-20-13(3)16(17)14-5-7-15(18-4)8-6-14/h5-8,12-13H,9-11H2,1-4H3. The number of hydrogen-bond donors (Lipinski definition) is 0. The van der Waals surface area contributed by atoms with E-state index < -0.39 is 6.10 Å². The van der Waals surface area contributed by atoms with Crippen LogP contribution in [0.25, 0.3) is 0 Å². The summed E-state index contributed by atoms with van der Waals surface area (Å²) in [6.45, 7) is 7.60. The molecule has 20 heavy (non-hydrogen) atoms. The van der Waals surface area contributed by atoms with Gasteiger partial charge in [-0.15, -0.1) is 0 Å². The summed E-state index contributed by atoms with van der Waals surface area (Å²) in [7, 11) is 1.60. The third-order valence-corrected chi connectivity index (χ3v) is 2.79. The van der Waals surface area contributed by atoms with Crippen LogP contribution in [-0.4, -0.2) is 38.8 Å². The Balaban J connectivity index is 2.34. The Morgan fingerprint density at radius 1 is 1.10 bits per heavy atom. The Kier molecular flexibility index (Phi) is 7.26. The summed E-state index contributed by atoms with van der Waals surface area (Å²) < 4.78 is 16.0. The van der Waals surface area contributed by atoms with Crippen LogP contribution in [0.1, 0.15) is 31.1 Å². The molecular weight excluding hydrogens is 256 g/mol.